The Morgan fingerprint density at radius 2 is 1.84 bits per heavy atom. The van der Waals surface area contributed by atoms with Crippen molar-refractivity contribution in [3.05, 3.63) is 22.2 Å². The lowest BCUT2D eigenvalue weighted by Crippen LogP contribution is -2.72. The molecule has 3 aliphatic rings. The summed E-state index contributed by atoms with van der Waals surface area (Å²) >= 11 is 6.02. The van der Waals surface area contributed by atoms with Crippen molar-refractivity contribution in [3.63, 3.8) is 0 Å². The van der Waals surface area contributed by atoms with Crippen LogP contribution in [0.2, 0.25) is 5.02 Å². The van der Waals surface area contributed by atoms with Gasteiger partial charge in [-0.1, -0.05) is 18.5 Å². The third kappa shape index (κ3) is 2.49. The Labute approximate surface area is 180 Å². The maximum atomic E-state index is 13.4. The number of phenols is 1. The van der Waals surface area contributed by atoms with E-state index in [9.17, 15) is 39.3 Å². The number of aliphatic hydroxyl groups excluding tert-OH is 1. The Balaban J connectivity index is 1.93. The van der Waals surface area contributed by atoms with E-state index >= 15 is 0 Å². The summed E-state index contributed by atoms with van der Waals surface area (Å²) in [5.74, 6) is -13.7. The summed E-state index contributed by atoms with van der Waals surface area (Å²) < 4.78 is 0. The molecule has 1 aromatic rings. The number of primary amides is 1. The number of anilines is 1. The fourth-order valence-electron chi connectivity index (χ4n) is 5.50. The highest BCUT2D eigenvalue weighted by molar-refractivity contribution is 6.34. The minimum absolute atomic E-state index is 0.0150. The smallest absolute Gasteiger partial charge is 0.235 e. The number of Topliss-reactive ketones (excluding diaryl/α,β-unsaturated/α-hetero) is 4. The highest BCUT2D eigenvalue weighted by atomic mass is 35.5. The fourth-order valence-corrected chi connectivity index (χ4v) is 5.70. The molecule has 2 fully saturated rings. The largest absolute Gasteiger partial charge is 0.507 e. The van der Waals surface area contributed by atoms with Crippen LogP contribution < -0.4 is 11.5 Å². The molecule has 1 amide bonds. The standard InChI is InChI=1S/C20H19ClN2O8/c1-4-9-11(8(25)3-6(21)14(9)22)16(27)13-10(4)15(26)5-2-7(24)12(19(23)30)17(28)20(5,31)18(13)29/h3-5,10,12-13,15,25-26,31H,2,22H2,1H3,(H2,23,30)/t4-,5-,10-,12?,13?,15-,20-/m1/s1. The molecule has 31 heavy (non-hydrogen) atoms. The van der Waals surface area contributed by atoms with Gasteiger partial charge in [0.1, 0.15) is 5.75 Å². The summed E-state index contributed by atoms with van der Waals surface area (Å²) in [4.78, 5) is 63.5. The Kier molecular flexibility index (Phi) is 4.55. The van der Waals surface area contributed by atoms with Crippen molar-refractivity contribution >= 4 is 46.3 Å². The van der Waals surface area contributed by atoms with Crippen LogP contribution in [0.25, 0.3) is 0 Å². The first kappa shape index (κ1) is 21.4. The van der Waals surface area contributed by atoms with Gasteiger partial charge in [-0.2, -0.15) is 0 Å². The van der Waals surface area contributed by atoms with Crippen LogP contribution in [0.1, 0.15) is 35.2 Å². The number of ketones is 4. The summed E-state index contributed by atoms with van der Waals surface area (Å²) in [7, 11) is 0. The van der Waals surface area contributed by atoms with E-state index in [1.165, 1.54) is 0 Å². The molecule has 2 saturated carbocycles. The van der Waals surface area contributed by atoms with Crippen molar-refractivity contribution in [3.8, 4) is 5.75 Å². The number of hydrogen-bond donors (Lipinski definition) is 5. The predicted molar refractivity (Wildman–Crippen MR) is 104 cm³/mol. The molecular weight excluding hydrogens is 432 g/mol. The fraction of sp³-hybridized carbons (Fsp3) is 0.450. The van der Waals surface area contributed by atoms with Gasteiger partial charge in [-0.15, -0.1) is 0 Å². The van der Waals surface area contributed by atoms with E-state index in [0.29, 0.717) is 0 Å². The van der Waals surface area contributed by atoms with Crippen LogP contribution >= 0.6 is 11.6 Å². The number of aliphatic hydroxyl groups is 2. The number of carbonyl (C=O) groups excluding carboxylic acids is 5. The van der Waals surface area contributed by atoms with Gasteiger partial charge in [-0.25, -0.2) is 0 Å². The van der Waals surface area contributed by atoms with Gasteiger partial charge in [0.05, 0.1) is 28.3 Å². The van der Waals surface area contributed by atoms with Gasteiger partial charge in [-0.3, -0.25) is 24.0 Å². The van der Waals surface area contributed by atoms with Crippen molar-refractivity contribution in [2.75, 3.05) is 5.73 Å². The summed E-state index contributed by atoms with van der Waals surface area (Å²) in [6.45, 7) is 1.55. The zero-order valence-corrected chi connectivity index (χ0v) is 16.9. The molecule has 0 aromatic heterocycles. The molecule has 1 aromatic carbocycles. The number of phenolic OH excluding ortho intramolecular Hbond substituents is 1. The molecule has 0 radical (unpaired) electrons. The van der Waals surface area contributed by atoms with E-state index in [1.807, 2.05) is 0 Å². The van der Waals surface area contributed by atoms with Gasteiger partial charge in [0, 0.05) is 24.3 Å². The van der Waals surface area contributed by atoms with Crippen LogP contribution in [0.5, 0.6) is 5.75 Å². The molecular formula is C20H19ClN2O8. The van der Waals surface area contributed by atoms with Gasteiger partial charge in [0.15, 0.2) is 34.7 Å². The number of hydrogen-bond acceptors (Lipinski definition) is 9. The topological polar surface area (TPSA) is 198 Å². The van der Waals surface area contributed by atoms with Crippen molar-refractivity contribution in [1.82, 2.24) is 0 Å². The lowest BCUT2D eigenvalue weighted by molar-refractivity contribution is -0.189. The van der Waals surface area contributed by atoms with E-state index in [4.69, 9.17) is 23.1 Å². The first-order valence-corrected chi connectivity index (χ1v) is 9.89. The number of amides is 1. The summed E-state index contributed by atoms with van der Waals surface area (Å²) in [6.07, 6.45) is -2.31. The van der Waals surface area contributed by atoms with Gasteiger partial charge < -0.3 is 26.8 Å². The third-order valence-corrected chi connectivity index (χ3v) is 7.26. The number of halogens is 1. The molecule has 10 nitrogen and oxygen atoms in total. The number of benzene rings is 1. The van der Waals surface area contributed by atoms with Crippen LogP contribution in [0.15, 0.2) is 6.07 Å². The minimum Gasteiger partial charge on any atom is -0.507 e. The maximum absolute atomic E-state index is 13.4. The summed E-state index contributed by atoms with van der Waals surface area (Å²) in [5, 5.41) is 32.5. The monoisotopic (exact) mass is 450 g/mol. The molecule has 164 valence electrons. The van der Waals surface area contributed by atoms with Crippen molar-refractivity contribution in [2.45, 2.75) is 31.0 Å². The third-order valence-electron chi connectivity index (χ3n) is 6.95. The Morgan fingerprint density at radius 3 is 2.42 bits per heavy atom. The number of fused-ring (bicyclic) bond motifs is 3. The van der Waals surface area contributed by atoms with E-state index in [2.05, 4.69) is 0 Å². The molecule has 0 spiro atoms. The van der Waals surface area contributed by atoms with E-state index in [0.717, 1.165) is 6.07 Å². The van der Waals surface area contributed by atoms with Crippen LogP contribution in [0, 0.1) is 23.7 Å². The average Bonchev–Trinajstić information content (AvgIpc) is 2.67. The molecule has 3 aliphatic carbocycles. The predicted octanol–water partition coefficient (Wildman–Crippen LogP) is -0.906. The minimum atomic E-state index is -2.95. The first-order chi connectivity index (χ1) is 14.3. The lowest BCUT2D eigenvalue weighted by Gasteiger charge is -2.53. The second-order valence-electron chi connectivity index (χ2n) is 8.39. The normalized spacial score (nSPS) is 37.2. The van der Waals surface area contributed by atoms with E-state index < -0.39 is 82.5 Å². The molecule has 11 heteroatoms. The Bertz CT molecular complexity index is 1100. The van der Waals surface area contributed by atoms with Crippen molar-refractivity contribution in [2.24, 2.45) is 29.4 Å². The van der Waals surface area contributed by atoms with Gasteiger partial charge in [0.25, 0.3) is 0 Å². The number of rotatable bonds is 1. The van der Waals surface area contributed by atoms with Crippen LogP contribution in [-0.4, -0.2) is 56.1 Å². The van der Waals surface area contributed by atoms with Gasteiger partial charge in [0.2, 0.25) is 5.91 Å². The average molecular weight is 451 g/mol. The second kappa shape index (κ2) is 6.59. The van der Waals surface area contributed by atoms with Gasteiger partial charge >= 0.3 is 0 Å². The molecule has 2 unspecified atom stereocenters. The molecule has 7 atom stereocenters. The van der Waals surface area contributed by atoms with Crippen molar-refractivity contribution in [1.29, 1.82) is 0 Å². The number of nitrogens with two attached hydrogens (primary N) is 2. The van der Waals surface area contributed by atoms with Crippen LogP contribution in [0.3, 0.4) is 0 Å². The molecule has 0 saturated heterocycles. The Morgan fingerprint density at radius 1 is 1.23 bits per heavy atom. The molecule has 0 bridgehead atoms. The quantitative estimate of drug-likeness (QED) is 0.204. The first-order valence-electron chi connectivity index (χ1n) is 9.51. The Hall–Kier alpha value is -2.82. The molecule has 0 heterocycles. The zero-order chi connectivity index (χ0) is 23.2. The van der Waals surface area contributed by atoms with E-state index in [-0.39, 0.29) is 21.8 Å². The second-order valence-corrected chi connectivity index (χ2v) is 8.79. The zero-order valence-electron chi connectivity index (χ0n) is 16.2. The number of nitrogen functional groups attached to an aromatic ring is 1. The highest BCUT2D eigenvalue weighted by Gasteiger charge is 2.70. The number of carbonyl (C=O) groups is 5. The summed E-state index contributed by atoms with van der Waals surface area (Å²) in [5.41, 5.74) is 8.00. The highest BCUT2D eigenvalue weighted by Crippen LogP contribution is 2.55. The SMILES string of the molecule is C[C@@H]1c2c(N)c(Cl)cc(O)c2C(=O)C2C(=O)[C@]3(O)C(=O)C(C(N)=O)C(=O)C[C@@H]3[C@@H](O)[C@@H]21. The lowest BCUT2D eigenvalue weighted by atomic mass is 9.50. The summed E-state index contributed by atoms with van der Waals surface area (Å²) in [6, 6.07) is 1.04. The maximum Gasteiger partial charge on any atom is 0.235 e. The molecule has 4 rings (SSSR count). The van der Waals surface area contributed by atoms with Crippen LogP contribution in [-0.2, 0) is 19.2 Å². The van der Waals surface area contributed by atoms with Crippen LogP contribution in [0.4, 0.5) is 5.69 Å². The van der Waals surface area contributed by atoms with E-state index in [1.54, 1.807) is 6.92 Å². The molecule has 0 aliphatic heterocycles. The number of aromatic hydroxyl groups is 1. The van der Waals surface area contributed by atoms with Crippen molar-refractivity contribution < 1.29 is 39.3 Å². The molecule has 7 N–H and O–H groups in total. The van der Waals surface area contributed by atoms with Gasteiger partial charge in [-0.05, 0) is 11.5 Å².